The van der Waals surface area contributed by atoms with E-state index in [9.17, 15) is 0 Å². The van der Waals surface area contributed by atoms with Crippen LogP contribution in [0.5, 0.6) is 0 Å². The molecule has 0 saturated heterocycles. The fourth-order valence-corrected chi connectivity index (χ4v) is 0. The predicted octanol–water partition coefficient (Wildman–Crippen LogP) is -13.9. The zero-order valence-electron chi connectivity index (χ0n) is 4.54. The summed E-state index contributed by atoms with van der Waals surface area (Å²) >= 11 is 0. The van der Waals surface area contributed by atoms with Gasteiger partial charge < -0.3 is 70.1 Å². The second-order valence-electron chi connectivity index (χ2n) is 0. The molecule has 12 N–H and O–H groups in total. The first-order valence-electron chi connectivity index (χ1n) is 0. The van der Waals surface area contributed by atoms with Gasteiger partial charge in [0, 0.05) is 0 Å². The maximum Gasteiger partial charge on any atom is 3.00 e. The Hall–Kier alpha value is 1.97. The number of rotatable bonds is 0. The van der Waals surface area contributed by atoms with E-state index in [-0.39, 0.29) is 110 Å². The van der Waals surface area contributed by atoms with Crippen LogP contribution < -0.4 is 37.2 Å². The largest absolute Gasteiger partial charge is 3.00 e. The summed E-state index contributed by atoms with van der Waals surface area (Å²) in [5, 5.41) is 0. The molecule has 0 aliphatic carbocycles. The molecule has 0 aliphatic heterocycles. The molecule has 0 bridgehead atoms. The molecule has 75 valence electrons. The van der Waals surface area contributed by atoms with Crippen LogP contribution in [0.3, 0.4) is 0 Å². The van der Waals surface area contributed by atoms with Crippen LogP contribution in [0, 0.1) is 40.4 Å². The number of halogens is 3. The monoisotopic (exact) mass is 366 g/mol. The Labute approximate surface area is 109 Å². The quantitative estimate of drug-likeness (QED) is 0.393. The summed E-state index contributed by atoms with van der Waals surface area (Å²) in [5.41, 5.74) is 0. The zero-order valence-corrected chi connectivity index (χ0v) is 9.43. The van der Waals surface area contributed by atoms with E-state index >= 15 is 0 Å². The average molecular weight is 367 g/mol. The Morgan fingerprint density at radius 2 is 0.300 bits per heavy atom. The van der Waals surface area contributed by atoms with Crippen LogP contribution in [0.15, 0.2) is 0 Å². The molecule has 0 aromatic rings. The average Bonchev–Trinajstić information content (AvgIpc) is 0. The zero-order chi connectivity index (χ0) is 0. The second-order valence-corrected chi connectivity index (χ2v) is 0. The molecule has 0 aromatic heterocycles. The van der Waals surface area contributed by atoms with Crippen LogP contribution in [-0.2, 0) is 0 Å². The number of hydrogen-bond donors (Lipinski definition) is 0. The summed E-state index contributed by atoms with van der Waals surface area (Å²) < 4.78 is 0. The van der Waals surface area contributed by atoms with Crippen LogP contribution in [0.2, 0.25) is 0 Å². The van der Waals surface area contributed by atoms with Crippen molar-refractivity contribution in [2.24, 2.45) is 0 Å². The topological polar surface area (TPSA) is 189 Å². The third-order valence-corrected chi connectivity index (χ3v) is 0. The number of hydrogen-bond acceptors (Lipinski definition) is 0. The third-order valence-electron chi connectivity index (χ3n) is 0. The van der Waals surface area contributed by atoms with Gasteiger partial charge in [-0.05, 0) is 0 Å². The van der Waals surface area contributed by atoms with Crippen LogP contribution in [0.25, 0.3) is 0 Å². The van der Waals surface area contributed by atoms with Crippen molar-refractivity contribution >= 4 is 0 Å². The van der Waals surface area contributed by atoms with Crippen molar-refractivity contribution in [1.29, 1.82) is 0 Å². The summed E-state index contributed by atoms with van der Waals surface area (Å²) in [5.74, 6) is 0. The van der Waals surface area contributed by atoms with E-state index in [2.05, 4.69) is 0 Å². The molecule has 0 amide bonds. The molecule has 0 heterocycles. The maximum atomic E-state index is 0. The van der Waals surface area contributed by atoms with Crippen molar-refractivity contribution in [2.45, 2.75) is 0 Å². The molecule has 1 radical (unpaired) electrons. The first-order chi connectivity index (χ1) is 0. The standard InChI is InChI=1S/3ClH.6H2O.Sm/h3*1H;6*1H2;/q;;;;;;;;;+3/p-3/i;;;;;;;;;1+3. The predicted molar refractivity (Wildman–Crippen MR) is 21.7 cm³/mol. The smallest absolute Gasteiger partial charge is 1.00 e. The SMILES string of the molecule is O.O.O.O.O.O.[153Sm+3].[Cl-].[Cl-].[Cl-]. The fraction of sp³-hybridized carbons (Fsp3) is 0. The Morgan fingerprint density at radius 1 is 0.300 bits per heavy atom. The molecule has 10 heavy (non-hydrogen) atoms. The van der Waals surface area contributed by atoms with Crippen molar-refractivity contribution in [1.82, 2.24) is 0 Å². The Balaban J connectivity index is 0. The summed E-state index contributed by atoms with van der Waals surface area (Å²) in [4.78, 5) is 0. The van der Waals surface area contributed by atoms with Crippen LogP contribution in [0.1, 0.15) is 0 Å². The Bertz CT molecular complexity index is 13.0. The van der Waals surface area contributed by atoms with Gasteiger partial charge in [0.1, 0.15) is 0 Å². The van der Waals surface area contributed by atoms with Gasteiger partial charge in [-0.25, -0.2) is 0 Å². The molecule has 10 heteroatoms. The van der Waals surface area contributed by atoms with E-state index in [4.69, 9.17) is 0 Å². The Kier molecular flexibility index (Phi) is 10500. The molecule has 0 aliphatic rings. The molecular weight excluding hydrogens is 355 g/mol. The van der Waals surface area contributed by atoms with Gasteiger partial charge in [-0.1, -0.05) is 0 Å². The molecule has 6 nitrogen and oxygen atoms in total. The van der Waals surface area contributed by atoms with Gasteiger partial charge in [-0.15, -0.1) is 0 Å². The first-order valence-corrected chi connectivity index (χ1v) is 0. The van der Waals surface area contributed by atoms with Crippen LogP contribution >= 0.6 is 0 Å². The van der Waals surface area contributed by atoms with E-state index in [0.29, 0.717) is 0 Å². The van der Waals surface area contributed by atoms with Crippen molar-refractivity contribution in [2.75, 3.05) is 0 Å². The summed E-state index contributed by atoms with van der Waals surface area (Å²) in [6.45, 7) is 0. The summed E-state index contributed by atoms with van der Waals surface area (Å²) in [7, 11) is 0. The molecule has 0 aromatic carbocycles. The van der Waals surface area contributed by atoms with Crippen molar-refractivity contribution in [3.05, 3.63) is 0 Å². The van der Waals surface area contributed by atoms with E-state index < -0.39 is 0 Å². The molecule has 0 saturated carbocycles. The molecule has 0 rings (SSSR count). The molecule has 0 unspecified atom stereocenters. The minimum absolute atomic E-state index is 0. The Morgan fingerprint density at radius 3 is 0.300 bits per heavy atom. The second kappa shape index (κ2) is 281. The van der Waals surface area contributed by atoms with Crippen LogP contribution in [0.4, 0.5) is 0 Å². The molecule has 0 spiro atoms. The van der Waals surface area contributed by atoms with Crippen molar-refractivity contribution in [3.63, 3.8) is 0 Å². The van der Waals surface area contributed by atoms with Crippen LogP contribution in [-0.4, -0.2) is 32.9 Å². The summed E-state index contributed by atoms with van der Waals surface area (Å²) in [6, 6.07) is 0. The maximum absolute atomic E-state index is 0. The van der Waals surface area contributed by atoms with E-state index in [0.717, 1.165) is 0 Å². The van der Waals surface area contributed by atoms with Crippen molar-refractivity contribution < 1.29 is 110 Å². The first kappa shape index (κ1) is 372. The van der Waals surface area contributed by atoms with E-state index in [1.54, 1.807) is 0 Å². The normalized spacial score (nSPS) is 0. The van der Waals surface area contributed by atoms with E-state index in [1.165, 1.54) is 0 Å². The van der Waals surface area contributed by atoms with E-state index in [1.807, 2.05) is 0 Å². The minimum Gasteiger partial charge on any atom is -1.00 e. The summed E-state index contributed by atoms with van der Waals surface area (Å²) in [6.07, 6.45) is 0. The minimum atomic E-state index is 0. The van der Waals surface area contributed by atoms with Crippen molar-refractivity contribution in [3.8, 4) is 0 Å². The van der Waals surface area contributed by atoms with Gasteiger partial charge in [0.15, 0.2) is 0 Å². The molecule has 0 fully saturated rings. The van der Waals surface area contributed by atoms with Gasteiger partial charge >= 0.3 is 40.4 Å². The van der Waals surface area contributed by atoms with Gasteiger partial charge in [0.25, 0.3) is 0 Å². The third kappa shape index (κ3) is 207. The molecular formula is H12Cl3O6Sm. The van der Waals surface area contributed by atoms with Gasteiger partial charge in [0.2, 0.25) is 0 Å². The fourth-order valence-electron chi connectivity index (χ4n) is 0. The van der Waals surface area contributed by atoms with Gasteiger partial charge in [-0.2, -0.15) is 0 Å². The van der Waals surface area contributed by atoms with Gasteiger partial charge in [-0.3, -0.25) is 0 Å². The van der Waals surface area contributed by atoms with Gasteiger partial charge in [0.05, 0.1) is 0 Å². The molecule has 0 atom stereocenters.